The van der Waals surface area contributed by atoms with Gasteiger partial charge in [-0.05, 0) is 26.3 Å². The average molecular weight is 237 g/mol. The smallest absolute Gasteiger partial charge is 0.140 e. The summed E-state index contributed by atoms with van der Waals surface area (Å²) in [6, 6.07) is 0. The van der Waals surface area contributed by atoms with E-state index in [1.807, 2.05) is 10.8 Å². The van der Waals surface area contributed by atoms with Crippen LogP contribution in [-0.2, 0) is 17.8 Å². The zero-order valence-corrected chi connectivity index (χ0v) is 10.7. The normalized spacial score (nSPS) is 10.7. The minimum atomic E-state index is 0.290. The molecule has 1 aromatic heterocycles. The van der Waals surface area contributed by atoms with Gasteiger partial charge in [-0.1, -0.05) is 12.8 Å². The number of carbonyl (C=O) groups is 1. The first-order valence-corrected chi connectivity index (χ1v) is 6.49. The molecule has 0 radical (unpaired) electrons. The molecule has 1 aromatic rings. The molecule has 0 atom stereocenters. The molecule has 0 aliphatic rings. The van der Waals surface area contributed by atoms with Crippen LogP contribution < -0.4 is 5.73 Å². The van der Waals surface area contributed by atoms with E-state index in [9.17, 15) is 4.79 Å². The summed E-state index contributed by atoms with van der Waals surface area (Å²) in [7, 11) is 0. The number of rotatable bonds is 9. The van der Waals surface area contributed by atoms with Crippen molar-refractivity contribution in [1.82, 2.24) is 9.55 Å². The molecule has 4 heteroatoms. The lowest BCUT2D eigenvalue weighted by molar-refractivity contribution is -0.118. The Kier molecular flexibility index (Phi) is 6.55. The summed E-state index contributed by atoms with van der Waals surface area (Å²) in [5.41, 5.74) is 5.41. The molecule has 0 unspecified atom stereocenters. The minimum absolute atomic E-state index is 0.290. The highest BCUT2D eigenvalue weighted by Crippen LogP contribution is 2.06. The van der Waals surface area contributed by atoms with E-state index < -0.39 is 0 Å². The predicted molar refractivity (Wildman–Crippen MR) is 68.8 cm³/mol. The highest BCUT2D eigenvalue weighted by atomic mass is 16.1. The van der Waals surface area contributed by atoms with Gasteiger partial charge in [0.2, 0.25) is 0 Å². The fourth-order valence-corrected chi connectivity index (χ4v) is 1.88. The van der Waals surface area contributed by atoms with Crippen molar-refractivity contribution in [1.29, 1.82) is 0 Å². The number of nitrogens with zero attached hydrogens (tertiary/aromatic N) is 2. The van der Waals surface area contributed by atoms with Crippen molar-refractivity contribution in [2.24, 2.45) is 5.73 Å². The monoisotopic (exact) mass is 237 g/mol. The zero-order chi connectivity index (χ0) is 12.5. The molecule has 0 spiro atoms. The SMILES string of the molecule is CCn1ccnc1CC(=O)CCCCCCN. The number of aryl methyl sites for hydroxylation is 1. The van der Waals surface area contributed by atoms with Crippen LogP contribution in [-0.4, -0.2) is 21.9 Å². The fourth-order valence-electron chi connectivity index (χ4n) is 1.88. The Labute approximate surface area is 103 Å². The van der Waals surface area contributed by atoms with Gasteiger partial charge in [0.15, 0.2) is 0 Å². The molecule has 96 valence electrons. The second-order valence-corrected chi connectivity index (χ2v) is 4.30. The molecule has 0 saturated heterocycles. The quantitative estimate of drug-likeness (QED) is 0.667. The summed E-state index contributed by atoms with van der Waals surface area (Å²) < 4.78 is 2.02. The van der Waals surface area contributed by atoms with Crippen LogP contribution in [0.2, 0.25) is 0 Å². The maximum atomic E-state index is 11.7. The molecular weight excluding hydrogens is 214 g/mol. The Morgan fingerprint density at radius 3 is 2.82 bits per heavy atom. The van der Waals surface area contributed by atoms with Crippen molar-refractivity contribution in [3.05, 3.63) is 18.2 Å². The summed E-state index contributed by atoms with van der Waals surface area (Å²) in [6.07, 6.45) is 9.09. The number of ketones is 1. The van der Waals surface area contributed by atoms with Gasteiger partial charge in [-0.25, -0.2) is 4.98 Å². The lowest BCUT2D eigenvalue weighted by Gasteiger charge is -2.04. The Bertz CT molecular complexity index is 333. The van der Waals surface area contributed by atoms with Gasteiger partial charge in [0.25, 0.3) is 0 Å². The van der Waals surface area contributed by atoms with Gasteiger partial charge in [0.05, 0.1) is 6.42 Å². The molecule has 17 heavy (non-hydrogen) atoms. The van der Waals surface area contributed by atoms with Crippen molar-refractivity contribution in [2.75, 3.05) is 6.54 Å². The number of hydrogen-bond donors (Lipinski definition) is 1. The summed E-state index contributed by atoms with van der Waals surface area (Å²) in [5, 5.41) is 0. The minimum Gasteiger partial charge on any atom is -0.335 e. The predicted octanol–water partition coefficient (Wildman–Crippen LogP) is 1.92. The summed E-state index contributed by atoms with van der Waals surface area (Å²) >= 11 is 0. The number of imidazole rings is 1. The number of nitrogens with two attached hydrogens (primary N) is 1. The highest BCUT2D eigenvalue weighted by Gasteiger charge is 2.07. The third kappa shape index (κ3) is 5.13. The Morgan fingerprint density at radius 2 is 2.12 bits per heavy atom. The van der Waals surface area contributed by atoms with Gasteiger partial charge >= 0.3 is 0 Å². The lowest BCUT2D eigenvalue weighted by Crippen LogP contribution is -2.09. The first-order chi connectivity index (χ1) is 8.27. The molecule has 2 N–H and O–H groups in total. The molecule has 0 aliphatic heterocycles. The molecule has 0 amide bonds. The van der Waals surface area contributed by atoms with Crippen molar-refractivity contribution in [3.8, 4) is 0 Å². The average Bonchev–Trinajstić information content (AvgIpc) is 2.76. The van der Waals surface area contributed by atoms with Crippen molar-refractivity contribution in [3.63, 3.8) is 0 Å². The number of hydrogen-bond acceptors (Lipinski definition) is 3. The zero-order valence-electron chi connectivity index (χ0n) is 10.7. The third-order valence-electron chi connectivity index (χ3n) is 2.91. The number of carbonyl (C=O) groups excluding carboxylic acids is 1. The summed E-state index contributed by atoms with van der Waals surface area (Å²) in [5.74, 6) is 1.18. The van der Waals surface area contributed by atoms with Crippen LogP contribution in [0.1, 0.15) is 44.9 Å². The van der Waals surface area contributed by atoms with Gasteiger partial charge in [-0.2, -0.15) is 0 Å². The van der Waals surface area contributed by atoms with E-state index in [0.717, 1.165) is 44.6 Å². The van der Waals surface area contributed by atoms with Crippen LogP contribution >= 0.6 is 0 Å². The maximum Gasteiger partial charge on any atom is 0.140 e. The van der Waals surface area contributed by atoms with Crippen LogP contribution in [0.15, 0.2) is 12.4 Å². The Balaban J connectivity index is 2.21. The lowest BCUT2D eigenvalue weighted by atomic mass is 10.1. The molecule has 0 bridgehead atoms. The molecule has 0 aromatic carbocycles. The van der Waals surface area contributed by atoms with E-state index in [0.29, 0.717) is 18.6 Å². The van der Waals surface area contributed by atoms with E-state index in [-0.39, 0.29) is 0 Å². The van der Waals surface area contributed by atoms with Crippen LogP contribution in [0, 0.1) is 0 Å². The topological polar surface area (TPSA) is 60.9 Å². The molecule has 0 fully saturated rings. The largest absolute Gasteiger partial charge is 0.335 e. The number of Topliss-reactive ketones (excluding diaryl/α,β-unsaturated/α-hetero) is 1. The van der Waals surface area contributed by atoms with E-state index in [1.165, 1.54) is 0 Å². The van der Waals surface area contributed by atoms with Crippen molar-refractivity contribution >= 4 is 5.78 Å². The highest BCUT2D eigenvalue weighted by molar-refractivity contribution is 5.80. The summed E-state index contributed by atoms with van der Waals surface area (Å²) in [6.45, 7) is 3.68. The molecular formula is C13H23N3O. The van der Waals surface area contributed by atoms with Gasteiger partial charge in [-0.15, -0.1) is 0 Å². The van der Waals surface area contributed by atoms with Gasteiger partial charge in [0.1, 0.15) is 11.6 Å². The molecule has 0 aliphatic carbocycles. The fraction of sp³-hybridized carbons (Fsp3) is 0.692. The number of aromatic nitrogens is 2. The number of unbranched alkanes of at least 4 members (excludes halogenated alkanes) is 3. The van der Waals surface area contributed by atoms with Gasteiger partial charge < -0.3 is 10.3 Å². The third-order valence-corrected chi connectivity index (χ3v) is 2.91. The maximum absolute atomic E-state index is 11.7. The van der Waals surface area contributed by atoms with E-state index >= 15 is 0 Å². The van der Waals surface area contributed by atoms with E-state index in [1.54, 1.807) is 6.20 Å². The van der Waals surface area contributed by atoms with E-state index in [2.05, 4.69) is 11.9 Å². The second kappa shape index (κ2) is 8.01. The van der Waals surface area contributed by atoms with Gasteiger partial charge in [-0.3, -0.25) is 4.79 Å². The second-order valence-electron chi connectivity index (χ2n) is 4.30. The molecule has 0 saturated carbocycles. The van der Waals surface area contributed by atoms with Crippen LogP contribution in [0.4, 0.5) is 0 Å². The van der Waals surface area contributed by atoms with Crippen LogP contribution in [0.5, 0.6) is 0 Å². The first-order valence-electron chi connectivity index (χ1n) is 6.49. The van der Waals surface area contributed by atoms with E-state index in [4.69, 9.17) is 5.73 Å². The standard InChI is InChI=1S/C13H23N3O/c1-2-16-10-9-15-13(16)11-12(17)7-5-3-4-6-8-14/h9-10H,2-8,11,14H2,1H3. The molecule has 1 heterocycles. The Hall–Kier alpha value is -1.16. The van der Waals surface area contributed by atoms with Crippen LogP contribution in [0.3, 0.4) is 0 Å². The van der Waals surface area contributed by atoms with Crippen molar-refractivity contribution < 1.29 is 4.79 Å². The van der Waals surface area contributed by atoms with Crippen molar-refractivity contribution in [2.45, 2.75) is 52.0 Å². The molecule has 4 nitrogen and oxygen atoms in total. The Morgan fingerprint density at radius 1 is 1.35 bits per heavy atom. The summed E-state index contributed by atoms with van der Waals surface area (Å²) in [4.78, 5) is 15.9. The van der Waals surface area contributed by atoms with Gasteiger partial charge in [0, 0.05) is 25.4 Å². The molecule has 1 rings (SSSR count). The first kappa shape index (κ1) is 13.9. The van der Waals surface area contributed by atoms with Crippen LogP contribution in [0.25, 0.3) is 0 Å².